The molecule has 1 aromatic carbocycles. The van der Waals surface area contributed by atoms with Gasteiger partial charge < -0.3 is 14.9 Å². The lowest BCUT2D eigenvalue weighted by Crippen LogP contribution is -2.49. The molecule has 1 fully saturated rings. The van der Waals surface area contributed by atoms with E-state index >= 15 is 0 Å². The number of benzene rings is 1. The van der Waals surface area contributed by atoms with E-state index in [0.717, 1.165) is 43.3 Å². The molecule has 1 heterocycles. The van der Waals surface area contributed by atoms with Crippen LogP contribution < -0.4 is 4.90 Å². The molecule has 0 spiro atoms. The van der Waals surface area contributed by atoms with Crippen LogP contribution in [-0.2, 0) is 0 Å². The molecule has 0 aromatic heterocycles. The molecule has 2 rings (SSSR count). The molecule has 0 radical (unpaired) electrons. The van der Waals surface area contributed by atoms with Crippen LogP contribution in [0, 0.1) is 0 Å². The summed E-state index contributed by atoms with van der Waals surface area (Å²) in [5.74, 6) is 0. The highest BCUT2D eigenvalue weighted by molar-refractivity contribution is 7.80. The number of aliphatic hydroxyl groups excluding tert-OH is 1. The van der Waals surface area contributed by atoms with E-state index in [4.69, 9.17) is 17.3 Å². The molecule has 20 heavy (non-hydrogen) atoms. The van der Waals surface area contributed by atoms with Gasteiger partial charge in [0.2, 0.25) is 0 Å². The van der Waals surface area contributed by atoms with Gasteiger partial charge >= 0.3 is 0 Å². The average Bonchev–Trinajstić information content (AvgIpc) is 2.48. The number of piperazine rings is 1. The second-order valence-electron chi connectivity index (χ2n) is 5.30. The smallest absolute Gasteiger partial charge is 0.109 e. The van der Waals surface area contributed by atoms with Crippen LogP contribution in [0.4, 0.5) is 5.69 Å². The summed E-state index contributed by atoms with van der Waals surface area (Å²) in [4.78, 5) is 7.54. The first-order valence-electron chi connectivity index (χ1n) is 7.01. The third kappa shape index (κ3) is 3.69. The summed E-state index contributed by atoms with van der Waals surface area (Å²) >= 11 is 5.60. The molecule has 0 atom stereocenters. The zero-order valence-electron chi connectivity index (χ0n) is 12.2. The standard InChI is InChI=1S/C15H23N3OS/c1-16(2)14-5-3-13(4-6-14)15(20)18-9-7-17(8-10-18)11-12-19/h3-6,19H,7-12H2,1-2H3. The van der Waals surface area contributed by atoms with E-state index < -0.39 is 0 Å². The van der Waals surface area contributed by atoms with Gasteiger partial charge in [0, 0.05) is 58.1 Å². The van der Waals surface area contributed by atoms with E-state index in [9.17, 15) is 0 Å². The Morgan fingerprint density at radius 1 is 1.15 bits per heavy atom. The van der Waals surface area contributed by atoms with Gasteiger partial charge in [-0.15, -0.1) is 0 Å². The van der Waals surface area contributed by atoms with E-state index in [1.807, 2.05) is 14.1 Å². The quantitative estimate of drug-likeness (QED) is 0.838. The van der Waals surface area contributed by atoms with Gasteiger partial charge in [-0.05, 0) is 24.3 Å². The summed E-state index contributed by atoms with van der Waals surface area (Å²) in [5, 5.41) is 8.96. The Kier molecular flexibility index (Phi) is 5.34. The van der Waals surface area contributed by atoms with E-state index in [1.165, 1.54) is 5.69 Å². The molecule has 1 aliphatic heterocycles. The number of anilines is 1. The maximum absolute atomic E-state index is 8.96. The molecule has 4 nitrogen and oxygen atoms in total. The van der Waals surface area contributed by atoms with Crippen molar-refractivity contribution in [3.8, 4) is 0 Å². The Morgan fingerprint density at radius 3 is 2.25 bits per heavy atom. The number of hydrogen-bond acceptors (Lipinski definition) is 4. The summed E-state index contributed by atoms with van der Waals surface area (Å²) in [6.07, 6.45) is 0. The summed E-state index contributed by atoms with van der Waals surface area (Å²) in [5.41, 5.74) is 2.30. The van der Waals surface area contributed by atoms with Gasteiger partial charge in [-0.2, -0.15) is 0 Å². The largest absolute Gasteiger partial charge is 0.395 e. The maximum Gasteiger partial charge on any atom is 0.109 e. The summed E-state index contributed by atoms with van der Waals surface area (Å²) < 4.78 is 0. The van der Waals surface area contributed by atoms with Gasteiger partial charge in [0.25, 0.3) is 0 Å². The van der Waals surface area contributed by atoms with Crippen LogP contribution in [0.25, 0.3) is 0 Å². The first kappa shape index (κ1) is 15.2. The van der Waals surface area contributed by atoms with Crippen LogP contribution in [0.3, 0.4) is 0 Å². The zero-order valence-corrected chi connectivity index (χ0v) is 13.1. The SMILES string of the molecule is CN(C)c1ccc(C(=S)N2CCN(CCO)CC2)cc1. The second-order valence-corrected chi connectivity index (χ2v) is 5.69. The molecule has 1 saturated heterocycles. The zero-order chi connectivity index (χ0) is 14.5. The van der Waals surface area contributed by atoms with Crippen molar-refractivity contribution in [2.45, 2.75) is 0 Å². The van der Waals surface area contributed by atoms with Crippen molar-refractivity contribution in [3.05, 3.63) is 29.8 Å². The normalized spacial score (nSPS) is 16.2. The number of thiocarbonyl (C=S) groups is 1. The molecular weight excluding hydrogens is 270 g/mol. The fourth-order valence-corrected chi connectivity index (χ4v) is 2.72. The highest BCUT2D eigenvalue weighted by Gasteiger charge is 2.19. The first-order chi connectivity index (χ1) is 9.61. The molecule has 1 aromatic rings. The van der Waals surface area contributed by atoms with Crippen LogP contribution in [0.1, 0.15) is 5.56 Å². The minimum absolute atomic E-state index is 0.233. The first-order valence-corrected chi connectivity index (χ1v) is 7.42. The van der Waals surface area contributed by atoms with Crippen molar-refractivity contribution >= 4 is 22.9 Å². The van der Waals surface area contributed by atoms with Gasteiger partial charge in [-0.3, -0.25) is 4.90 Å². The van der Waals surface area contributed by atoms with Crippen LogP contribution in [0.15, 0.2) is 24.3 Å². The highest BCUT2D eigenvalue weighted by atomic mass is 32.1. The van der Waals surface area contributed by atoms with Gasteiger partial charge in [0.05, 0.1) is 6.61 Å². The van der Waals surface area contributed by atoms with Crippen LogP contribution in [0.5, 0.6) is 0 Å². The Morgan fingerprint density at radius 2 is 1.75 bits per heavy atom. The Hall–Kier alpha value is -1.17. The van der Waals surface area contributed by atoms with Gasteiger partial charge in [-0.25, -0.2) is 0 Å². The van der Waals surface area contributed by atoms with Crippen molar-refractivity contribution in [2.24, 2.45) is 0 Å². The number of aliphatic hydroxyl groups is 1. The fraction of sp³-hybridized carbons (Fsp3) is 0.533. The molecule has 0 saturated carbocycles. The van der Waals surface area contributed by atoms with Crippen molar-refractivity contribution in [1.82, 2.24) is 9.80 Å². The van der Waals surface area contributed by atoms with Crippen LogP contribution >= 0.6 is 12.2 Å². The third-order valence-corrected chi connectivity index (χ3v) is 4.20. The predicted octanol–water partition coefficient (Wildman–Crippen LogP) is 1.04. The summed E-state index contributed by atoms with van der Waals surface area (Å²) in [6, 6.07) is 8.39. The fourth-order valence-electron chi connectivity index (χ4n) is 2.40. The Labute approximate surface area is 126 Å². The highest BCUT2D eigenvalue weighted by Crippen LogP contribution is 2.15. The molecular formula is C15H23N3OS. The van der Waals surface area contributed by atoms with Crippen molar-refractivity contribution in [3.63, 3.8) is 0 Å². The van der Waals surface area contributed by atoms with Crippen LogP contribution in [0.2, 0.25) is 0 Å². The minimum atomic E-state index is 0.233. The second kappa shape index (κ2) is 7.02. The maximum atomic E-state index is 8.96. The molecule has 110 valence electrons. The lowest BCUT2D eigenvalue weighted by Gasteiger charge is -2.36. The molecule has 0 aliphatic carbocycles. The van der Waals surface area contributed by atoms with Crippen molar-refractivity contribution in [2.75, 3.05) is 58.3 Å². The molecule has 0 amide bonds. The predicted molar refractivity (Wildman–Crippen MR) is 87.6 cm³/mol. The van der Waals surface area contributed by atoms with Gasteiger partial charge in [-0.1, -0.05) is 12.2 Å². The topological polar surface area (TPSA) is 30.0 Å². The molecule has 1 aliphatic rings. The Balaban J connectivity index is 1.95. The number of nitrogens with zero attached hydrogens (tertiary/aromatic N) is 3. The van der Waals surface area contributed by atoms with E-state index in [-0.39, 0.29) is 6.61 Å². The van der Waals surface area contributed by atoms with Gasteiger partial charge in [0.15, 0.2) is 0 Å². The van der Waals surface area contributed by atoms with E-state index in [2.05, 4.69) is 39.0 Å². The third-order valence-electron chi connectivity index (χ3n) is 3.71. The molecule has 0 bridgehead atoms. The van der Waals surface area contributed by atoms with Crippen molar-refractivity contribution in [1.29, 1.82) is 0 Å². The van der Waals surface area contributed by atoms with E-state index in [0.29, 0.717) is 0 Å². The Bertz CT molecular complexity index is 439. The van der Waals surface area contributed by atoms with Gasteiger partial charge in [0.1, 0.15) is 4.99 Å². The lowest BCUT2D eigenvalue weighted by molar-refractivity contribution is 0.148. The molecule has 1 N–H and O–H groups in total. The van der Waals surface area contributed by atoms with E-state index in [1.54, 1.807) is 0 Å². The van der Waals surface area contributed by atoms with Crippen LogP contribution in [-0.4, -0.2) is 73.3 Å². The minimum Gasteiger partial charge on any atom is -0.395 e. The summed E-state index contributed by atoms with van der Waals surface area (Å²) in [7, 11) is 4.07. The molecule has 5 heteroatoms. The summed E-state index contributed by atoms with van der Waals surface area (Å²) in [6.45, 7) is 4.81. The average molecular weight is 293 g/mol. The van der Waals surface area contributed by atoms with Crippen molar-refractivity contribution < 1.29 is 5.11 Å². The number of hydrogen-bond donors (Lipinski definition) is 1. The lowest BCUT2D eigenvalue weighted by atomic mass is 10.1. The monoisotopic (exact) mass is 293 g/mol. The molecule has 0 unspecified atom stereocenters. The number of β-amino-alcohol motifs (C(OH)–C–C–N with tert-alkyl or cyclic N) is 1. The number of rotatable bonds is 4.